The summed E-state index contributed by atoms with van der Waals surface area (Å²) in [6, 6.07) is 2.26. The lowest BCUT2D eigenvalue weighted by molar-refractivity contribution is 0.0737. The second kappa shape index (κ2) is 7.16. The van der Waals surface area contributed by atoms with Crippen LogP contribution < -0.4 is 10.5 Å². The molecule has 4 rings (SSSR count). The Balaban J connectivity index is 1.63. The standard InChI is InChI=1S/C20H25N5O3S/c1-20(2,27)17-10-9-12(11-22-17)29(21,28)25-19(26)24-18-13-5-3-7-15(13)23-16-8-4-6-14(16)18/h9-11,27H,3-8H2,1-2H3,(H3,21,23,24,25,26,28). The van der Waals surface area contributed by atoms with E-state index >= 15 is 0 Å². The number of nitrogens with zero attached hydrogens (tertiary/aromatic N) is 3. The first-order valence-electron chi connectivity index (χ1n) is 9.73. The van der Waals surface area contributed by atoms with Crippen LogP contribution in [0, 0.1) is 0 Å². The predicted molar refractivity (Wildman–Crippen MR) is 110 cm³/mol. The lowest BCUT2D eigenvalue weighted by Crippen LogP contribution is -2.21. The molecule has 0 fully saturated rings. The third-order valence-corrected chi connectivity index (χ3v) is 6.76. The summed E-state index contributed by atoms with van der Waals surface area (Å²) in [6.07, 6.45) is 6.87. The largest absolute Gasteiger partial charge is 0.384 e. The zero-order chi connectivity index (χ0) is 20.8. The van der Waals surface area contributed by atoms with Crippen molar-refractivity contribution < 1.29 is 14.1 Å². The van der Waals surface area contributed by atoms with E-state index in [1.54, 1.807) is 13.8 Å². The van der Waals surface area contributed by atoms with Gasteiger partial charge in [0, 0.05) is 17.6 Å². The number of amides is 2. The first-order valence-corrected chi connectivity index (χ1v) is 11.3. The fraction of sp³-hybridized carbons (Fsp3) is 0.450. The Hall–Kier alpha value is -2.36. The Kier molecular flexibility index (Phi) is 4.92. The molecule has 8 nitrogen and oxygen atoms in total. The lowest BCUT2D eigenvalue weighted by Gasteiger charge is -2.16. The fourth-order valence-corrected chi connectivity index (χ4v) is 4.82. The number of nitrogens with two attached hydrogens (primary N) is 1. The average Bonchev–Trinajstić information content (AvgIpc) is 3.29. The summed E-state index contributed by atoms with van der Waals surface area (Å²) in [5.74, 6) is 0. The molecule has 9 heteroatoms. The van der Waals surface area contributed by atoms with Gasteiger partial charge < -0.3 is 10.4 Å². The molecule has 2 aromatic heterocycles. The van der Waals surface area contributed by atoms with Crippen molar-refractivity contribution in [3.8, 4) is 0 Å². The molecule has 29 heavy (non-hydrogen) atoms. The number of rotatable bonds is 3. The van der Waals surface area contributed by atoms with Crippen molar-refractivity contribution in [2.75, 3.05) is 5.32 Å². The molecule has 0 bridgehead atoms. The second-order valence-electron chi connectivity index (χ2n) is 8.07. The van der Waals surface area contributed by atoms with Gasteiger partial charge in [0.15, 0.2) is 0 Å². The second-order valence-corrected chi connectivity index (χ2v) is 9.86. The van der Waals surface area contributed by atoms with E-state index in [-0.39, 0.29) is 4.90 Å². The van der Waals surface area contributed by atoms with Crippen molar-refractivity contribution in [2.24, 2.45) is 9.50 Å². The summed E-state index contributed by atoms with van der Waals surface area (Å²) < 4.78 is 16.6. The number of hydrogen-bond donors (Lipinski definition) is 3. The number of carbonyl (C=O) groups is 1. The van der Waals surface area contributed by atoms with Gasteiger partial charge in [0.05, 0.1) is 16.3 Å². The Morgan fingerprint density at radius 1 is 1.17 bits per heavy atom. The Morgan fingerprint density at radius 3 is 2.31 bits per heavy atom. The molecule has 4 N–H and O–H groups in total. The molecule has 0 aliphatic heterocycles. The number of aliphatic hydroxyl groups is 1. The van der Waals surface area contributed by atoms with E-state index in [0.29, 0.717) is 5.69 Å². The lowest BCUT2D eigenvalue weighted by atomic mass is 10.1. The number of hydrogen-bond acceptors (Lipinski definition) is 5. The van der Waals surface area contributed by atoms with Gasteiger partial charge in [-0.3, -0.25) is 9.97 Å². The van der Waals surface area contributed by atoms with Crippen molar-refractivity contribution in [3.05, 3.63) is 46.5 Å². The molecule has 0 saturated carbocycles. The Morgan fingerprint density at radius 2 is 1.79 bits per heavy atom. The van der Waals surface area contributed by atoms with Crippen LogP contribution in [-0.2, 0) is 41.2 Å². The molecule has 1 atom stereocenters. The van der Waals surface area contributed by atoms with Gasteiger partial charge in [-0.25, -0.2) is 14.1 Å². The van der Waals surface area contributed by atoms with Crippen molar-refractivity contribution in [2.45, 2.75) is 62.9 Å². The van der Waals surface area contributed by atoms with E-state index in [9.17, 15) is 14.1 Å². The minimum Gasteiger partial charge on any atom is -0.384 e. The Bertz CT molecular complexity index is 1060. The maximum absolute atomic E-state index is 12.9. The SMILES string of the molecule is CC(C)(O)c1ccc(S(N)(=O)=NC(=O)Nc2c3c(nc4c2CCC4)CCC3)cn1. The predicted octanol–water partition coefficient (Wildman–Crippen LogP) is 2.61. The van der Waals surface area contributed by atoms with Crippen molar-refractivity contribution in [3.63, 3.8) is 0 Å². The fourth-order valence-electron chi connectivity index (χ4n) is 3.96. The van der Waals surface area contributed by atoms with Crippen LogP contribution in [0.3, 0.4) is 0 Å². The van der Waals surface area contributed by atoms with Gasteiger partial charge in [0.1, 0.15) is 15.5 Å². The molecule has 0 saturated heterocycles. The highest BCUT2D eigenvalue weighted by atomic mass is 32.2. The molecule has 2 heterocycles. The van der Waals surface area contributed by atoms with Crippen LogP contribution in [0.15, 0.2) is 27.6 Å². The maximum Gasteiger partial charge on any atom is 0.354 e. The number of urea groups is 1. The minimum absolute atomic E-state index is 0.130. The molecular weight excluding hydrogens is 390 g/mol. The highest BCUT2D eigenvalue weighted by Crippen LogP contribution is 2.36. The van der Waals surface area contributed by atoms with Crippen LogP contribution >= 0.6 is 0 Å². The van der Waals surface area contributed by atoms with E-state index in [1.807, 2.05) is 0 Å². The summed E-state index contributed by atoms with van der Waals surface area (Å²) in [6.45, 7) is 3.19. The summed E-state index contributed by atoms with van der Waals surface area (Å²) in [5, 5.41) is 18.7. The smallest absolute Gasteiger partial charge is 0.354 e. The molecule has 154 valence electrons. The number of aromatic nitrogens is 2. The van der Waals surface area contributed by atoms with Gasteiger partial charge in [-0.05, 0) is 75.6 Å². The number of nitrogens with one attached hydrogen (secondary N) is 1. The number of carbonyl (C=O) groups excluding carboxylic acids is 1. The van der Waals surface area contributed by atoms with E-state index in [1.165, 1.54) is 18.3 Å². The topological polar surface area (TPSA) is 131 Å². The van der Waals surface area contributed by atoms with E-state index in [0.717, 1.165) is 66.7 Å². The molecule has 1 unspecified atom stereocenters. The van der Waals surface area contributed by atoms with Crippen LogP contribution in [0.25, 0.3) is 0 Å². The van der Waals surface area contributed by atoms with Gasteiger partial charge in [-0.1, -0.05) is 0 Å². The molecule has 2 amide bonds. The van der Waals surface area contributed by atoms with Gasteiger partial charge in [0.25, 0.3) is 0 Å². The van der Waals surface area contributed by atoms with Gasteiger partial charge in [-0.2, -0.15) is 0 Å². The molecule has 0 aromatic carbocycles. The maximum atomic E-state index is 12.9. The number of anilines is 1. The van der Waals surface area contributed by atoms with Crippen LogP contribution in [0.2, 0.25) is 0 Å². The molecule has 2 aromatic rings. The molecular formula is C20H25N5O3S. The number of aryl methyl sites for hydroxylation is 2. The molecule has 0 spiro atoms. The minimum atomic E-state index is -3.47. The zero-order valence-electron chi connectivity index (χ0n) is 16.6. The van der Waals surface area contributed by atoms with Crippen LogP contribution in [-0.4, -0.2) is 25.3 Å². The van der Waals surface area contributed by atoms with Crippen LogP contribution in [0.4, 0.5) is 10.5 Å². The third kappa shape index (κ3) is 3.90. The van der Waals surface area contributed by atoms with Crippen molar-refractivity contribution >= 4 is 21.6 Å². The first-order chi connectivity index (χ1) is 13.6. The first kappa shape index (κ1) is 19.9. The molecule has 0 radical (unpaired) electrons. The summed E-state index contributed by atoms with van der Waals surface area (Å²) in [7, 11) is -3.47. The van der Waals surface area contributed by atoms with Gasteiger partial charge >= 0.3 is 6.03 Å². The Labute approximate surface area is 170 Å². The average molecular weight is 416 g/mol. The summed E-state index contributed by atoms with van der Waals surface area (Å²) in [4.78, 5) is 21.6. The molecule has 2 aliphatic rings. The third-order valence-electron chi connectivity index (χ3n) is 5.40. The summed E-state index contributed by atoms with van der Waals surface area (Å²) >= 11 is 0. The highest BCUT2D eigenvalue weighted by molar-refractivity contribution is 7.91. The van der Waals surface area contributed by atoms with Crippen molar-refractivity contribution in [1.82, 2.24) is 9.97 Å². The molecule has 2 aliphatic carbocycles. The quantitative estimate of drug-likeness (QED) is 0.709. The normalized spacial score (nSPS) is 17.4. The highest BCUT2D eigenvalue weighted by Gasteiger charge is 2.27. The van der Waals surface area contributed by atoms with Gasteiger partial charge in [0.2, 0.25) is 0 Å². The monoisotopic (exact) mass is 415 g/mol. The number of pyridine rings is 2. The van der Waals surface area contributed by atoms with E-state index in [2.05, 4.69) is 14.7 Å². The zero-order valence-corrected chi connectivity index (χ0v) is 17.4. The van der Waals surface area contributed by atoms with Crippen molar-refractivity contribution in [1.29, 1.82) is 0 Å². The van der Waals surface area contributed by atoms with E-state index < -0.39 is 21.5 Å². The van der Waals surface area contributed by atoms with Gasteiger partial charge in [-0.15, -0.1) is 4.36 Å². The van der Waals surface area contributed by atoms with E-state index in [4.69, 9.17) is 10.1 Å². The number of fused-ring (bicyclic) bond motifs is 2. The summed E-state index contributed by atoms with van der Waals surface area (Å²) in [5.41, 5.74) is 4.26. The van der Waals surface area contributed by atoms with Crippen LogP contribution in [0.1, 0.15) is 54.9 Å². The van der Waals surface area contributed by atoms with Crippen LogP contribution in [0.5, 0.6) is 0 Å².